The van der Waals surface area contributed by atoms with E-state index in [0.717, 1.165) is 0 Å². The summed E-state index contributed by atoms with van der Waals surface area (Å²) in [5, 5.41) is 2.49. The van der Waals surface area contributed by atoms with Gasteiger partial charge in [-0.1, -0.05) is 0 Å². The first kappa shape index (κ1) is 8.44. The van der Waals surface area contributed by atoms with Gasteiger partial charge in [-0.2, -0.15) is 13.1 Å². The third-order valence-corrected chi connectivity index (χ3v) is 2.27. The van der Waals surface area contributed by atoms with E-state index in [1.807, 2.05) is 0 Å². The molecule has 0 spiro atoms. The lowest BCUT2D eigenvalue weighted by atomic mass is 10.5. The maximum Gasteiger partial charge on any atom is 0.277 e. The van der Waals surface area contributed by atoms with Crippen molar-refractivity contribution in [1.82, 2.24) is 14.8 Å². The van der Waals surface area contributed by atoms with E-state index < -0.39 is 10.2 Å². The van der Waals surface area contributed by atoms with Crippen molar-refractivity contribution in [3.63, 3.8) is 0 Å². The van der Waals surface area contributed by atoms with E-state index in [1.54, 1.807) is 0 Å². The summed E-state index contributed by atoms with van der Waals surface area (Å²) in [5.41, 5.74) is 0. The van der Waals surface area contributed by atoms with Crippen LogP contribution in [0.5, 0.6) is 0 Å². The summed E-state index contributed by atoms with van der Waals surface area (Å²) in [6, 6.07) is 0. The molecule has 0 radical (unpaired) electrons. The topological polar surface area (TPSA) is 87.3 Å². The fraction of sp³-hybridized carbons (Fsp3) is 0.750. The Morgan fingerprint density at radius 1 is 1.18 bits per heavy atom. The van der Waals surface area contributed by atoms with Gasteiger partial charge in [-0.25, -0.2) is 4.72 Å². The smallest absolute Gasteiger partial charge is 0.277 e. The molecule has 3 N–H and O–H groups in total. The molecule has 0 saturated carbocycles. The van der Waals surface area contributed by atoms with Gasteiger partial charge in [0.2, 0.25) is 5.91 Å². The highest BCUT2D eigenvalue weighted by Gasteiger charge is 2.13. The maximum absolute atomic E-state index is 10.8. The minimum Gasteiger partial charge on any atom is -0.354 e. The largest absolute Gasteiger partial charge is 0.354 e. The molecular formula is C4H9N3O3S. The quantitative estimate of drug-likeness (QED) is 0.385. The van der Waals surface area contributed by atoms with Gasteiger partial charge in [0.25, 0.3) is 10.2 Å². The Hall–Kier alpha value is -0.660. The third kappa shape index (κ3) is 2.83. The Balaban J connectivity index is 2.58. The van der Waals surface area contributed by atoms with Crippen LogP contribution in [0.2, 0.25) is 0 Å². The van der Waals surface area contributed by atoms with Crippen LogP contribution >= 0.6 is 0 Å². The summed E-state index contributed by atoms with van der Waals surface area (Å²) < 4.78 is 25.8. The highest BCUT2D eigenvalue weighted by Crippen LogP contribution is 1.78. The molecule has 0 aromatic rings. The van der Waals surface area contributed by atoms with Gasteiger partial charge >= 0.3 is 0 Å². The SMILES string of the molecule is O=C1CNS(=O)(=O)NCCN1. The van der Waals surface area contributed by atoms with E-state index in [1.165, 1.54) is 0 Å². The Morgan fingerprint density at radius 3 is 2.64 bits per heavy atom. The number of carbonyl (C=O) groups excluding carboxylic acids is 1. The standard InChI is InChI=1S/C4H9N3O3S/c8-4-3-7-11(9,10)6-2-1-5-4/h6-7H,1-3H2,(H,5,8). The van der Waals surface area contributed by atoms with Crippen molar-refractivity contribution in [3.8, 4) is 0 Å². The van der Waals surface area contributed by atoms with Crippen LogP contribution in [0.25, 0.3) is 0 Å². The van der Waals surface area contributed by atoms with E-state index in [4.69, 9.17) is 0 Å². The van der Waals surface area contributed by atoms with Crippen LogP contribution in [-0.4, -0.2) is 34.0 Å². The van der Waals surface area contributed by atoms with Crippen molar-refractivity contribution in [3.05, 3.63) is 0 Å². The van der Waals surface area contributed by atoms with Crippen LogP contribution < -0.4 is 14.8 Å². The fourth-order valence-corrected chi connectivity index (χ4v) is 1.46. The maximum atomic E-state index is 10.8. The summed E-state index contributed by atoms with van der Waals surface area (Å²) in [7, 11) is -3.44. The lowest BCUT2D eigenvalue weighted by Crippen LogP contribution is -2.48. The molecule has 1 rings (SSSR count). The van der Waals surface area contributed by atoms with Crippen molar-refractivity contribution in [2.24, 2.45) is 0 Å². The van der Waals surface area contributed by atoms with Crippen LogP contribution in [0.15, 0.2) is 0 Å². The monoisotopic (exact) mass is 179 g/mol. The van der Waals surface area contributed by atoms with E-state index >= 15 is 0 Å². The molecule has 1 fully saturated rings. The molecule has 1 aliphatic heterocycles. The van der Waals surface area contributed by atoms with E-state index in [0.29, 0.717) is 6.54 Å². The second kappa shape index (κ2) is 3.16. The Kier molecular flexibility index (Phi) is 2.42. The molecule has 0 aromatic carbocycles. The van der Waals surface area contributed by atoms with E-state index in [9.17, 15) is 13.2 Å². The van der Waals surface area contributed by atoms with Gasteiger partial charge in [-0.05, 0) is 0 Å². The van der Waals surface area contributed by atoms with Crippen molar-refractivity contribution in [2.45, 2.75) is 0 Å². The predicted molar refractivity (Wildman–Crippen MR) is 37.9 cm³/mol. The van der Waals surface area contributed by atoms with E-state index in [-0.39, 0.29) is 19.0 Å². The molecule has 0 atom stereocenters. The second-order valence-electron chi connectivity index (χ2n) is 2.07. The lowest BCUT2D eigenvalue weighted by molar-refractivity contribution is -0.119. The number of carbonyl (C=O) groups is 1. The number of rotatable bonds is 0. The molecule has 0 unspecified atom stereocenters. The van der Waals surface area contributed by atoms with Crippen LogP contribution in [0.1, 0.15) is 0 Å². The average Bonchev–Trinajstić information content (AvgIpc) is 1.92. The molecule has 0 bridgehead atoms. The van der Waals surface area contributed by atoms with Gasteiger partial charge in [0.1, 0.15) is 0 Å². The van der Waals surface area contributed by atoms with Crippen molar-refractivity contribution in [2.75, 3.05) is 19.6 Å². The van der Waals surface area contributed by atoms with Gasteiger partial charge in [0, 0.05) is 13.1 Å². The molecule has 11 heavy (non-hydrogen) atoms. The summed E-state index contributed by atoms with van der Waals surface area (Å²) in [5.74, 6) is -0.310. The molecule has 1 saturated heterocycles. The van der Waals surface area contributed by atoms with Crippen LogP contribution in [-0.2, 0) is 15.0 Å². The van der Waals surface area contributed by atoms with Crippen LogP contribution in [0.3, 0.4) is 0 Å². The fourth-order valence-electron chi connectivity index (χ4n) is 0.661. The first-order chi connectivity index (χ1) is 5.10. The molecule has 64 valence electrons. The lowest BCUT2D eigenvalue weighted by Gasteiger charge is -2.12. The van der Waals surface area contributed by atoms with Crippen molar-refractivity contribution < 1.29 is 13.2 Å². The number of amides is 1. The van der Waals surface area contributed by atoms with E-state index in [2.05, 4.69) is 14.8 Å². The minimum absolute atomic E-state index is 0.199. The molecule has 0 aliphatic carbocycles. The molecule has 1 aliphatic rings. The van der Waals surface area contributed by atoms with Gasteiger partial charge in [-0.3, -0.25) is 4.79 Å². The zero-order valence-corrected chi connectivity index (χ0v) is 6.57. The summed E-state index contributed by atoms with van der Waals surface area (Å²) in [6.07, 6.45) is 0. The number of hydrogen-bond acceptors (Lipinski definition) is 3. The normalized spacial score (nSPS) is 24.9. The Labute approximate surface area is 64.5 Å². The highest BCUT2D eigenvalue weighted by molar-refractivity contribution is 7.87. The van der Waals surface area contributed by atoms with Crippen LogP contribution in [0.4, 0.5) is 0 Å². The summed E-state index contributed by atoms with van der Waals surface area (Å²) in [4.78, 5) is 10.7. The number of nitrogens with one attached hydrogen (secondary N) is 3. The van der Waals surface area contributed by atoms with Crippen molar-refractivity contribution in [1.29, 1.82) is 0 Å². The minimum atomic E-state index is -3.44. The van der Waals surface area contributed by atoms with Gasteiger partial charge in [-0.15, -0.1) is 0 Å². The molecule has 1 heterocycles. The van der Waals surface area contributed by atoms with Crippen LogP contribution in [0, 0.1) is 0 Å². The summed E-state index contributed by atoms with van der Waals surface area (Å²) >= 11 is 0. The average molecular weight is 179 g/mol. The second-order valence-corrected chi connectivity index (χ2v) is 3.65. The van der Waals surface area contributed by atoms with Gasteiger partial charge < -0.3 is 5.32 Å². The third-order valence-electron chi connectivity index (χ3n) is 1.16. The molecule has 7 heteroatoms. The first-order valence-electron chi connectivity index (χ1n) is 3.11. The molecule has 6 nitrogen and oxygen atoms in total. The zero-order valence-electron chi connectivity index (χ0n) is 5.75. The first-order valence-corrected chi connectivity index (χ1v) is 4.59. The van der Waals surface area contributed by atoms with Gasteiger partial charge in [0.05, 0.1) is 6.54 Å². The number of hydrogen-bond donors (Lipinski definition) is 3. The zero-order chi connectivity index (χ0) is 8.32. The molecule has 0 aromatic heterocycles. The summed E-state index contributed by atoms with van der Waals surface area (Å²) in [6.45, 7) is 0.357. The Morgan fingerprint density at radius 2 is 1.91 bits per heavy atom. The highest BCUT2D eigenvalue weighted by atomic mass is 32.2. The van der Waals surface area contributed by atoms with Gasteiger partial charge in [0.15, 0.2) is 0 Å². The molecular weight excluding hydrogens is 170 g/mol. The predicted octanol–water partition coefficient (Wildman–Crippen LogP) is -2.46. The molecule has 1 amide bonds. The van der Waals surface area contributed by atoms with Crippen molar-refractivity contribution >= 4 is 16.1 Å². The Bertz CT molecular complexity index is 247.